The van der Waals surface area contributed by atoms with E-state index in [2.05, 4.69) is 32.9 Å². The zero-order chi connectivity index (χ0) is 43.8. The van der Waals surface area contributed by atoms with E-state index < -0.39 is 11.6 Å². The average molecular weight is 877 g/mol. The van der Waals surface area contributed by atoms with Gasteiger partial charge in [-0.25, -0.2) is 14.8 Å². The number of carbonyl (C=O) groups excluding carboxylic acids is 2. The summed E-state index contributed by atoms with van der Waals surface area (Å²) in [5.41, 5.74) is 5.59. The van der Waals surface area contributed by atoms with Gasteiger partial charge in [-0.15, -0.1) is 0 Å². The van der Waals surface area contributed by atoms with E-state index in [9.17, 15) is 9.59 Å². The lowest BCUT2D eigenvalue weighted by Crippen LogP contribution is -2.58. The van der Waals surface area contributed by atoms with Gasteiger partial charge in [0.05, 0.1) is 61.7 Å². The van der Waals surface area contributed by atoms with Crippen molar-refractivity contribution in [2.24, 2.45) is 17.3 Å². The summed E-state index contributed by atoms with van der Waals surface area (Å²) in [4.78, 5) is 39.7. The number of nitrogens with one attached hydrogen (secondary N) is 1. The van der Waals surface area contributed by atoms with Gasteiger partial charge in [-0.05, 0) is 131 Å². The first-order valence-corrected chi connectivity index (χ1v) is 23.3. The van der Waals surface area contributed by atoms with Crippen LogP contribution in [0.1, 0.15) is 97.0 Å². The summed E-state index contributed by atoms with van der Waals surface area (Å²) in [5, 5.41) is 8.60. The van der Waals surface area contributed by atoms with Crippen molar-refractivity contribution < 1.29 is 33.3 Å². The molecule has 14 heteroatoms. The summed E-state index contributed by atoms with van der Waals surface area (Å²) in [5.74, 6) is 1.27. The quantitative estimate of drug-likeness (QED) is 0.0710. The fourth-order valence-electron chi connectivity index (χ4n) is 11.1. The van der Waals surface area contributed by atoms with Gasteiger partial charge in [-0.2, -0.15) is 5.10 Å². The van der Waals surface area contributed by atoms with Gasteiger partial charge in [-0.3, -0.25) is 14.8 Å². The van der Waals surface area contributed by atoms with E-state index in [4.69, 9.17) is 33.8 Å². The standard InChI is InChI=1S/C49H60N6O7S/c1-32-38(28-50-55(32)31-48-24-33-23-34(25-48)27-49(26-33,30-48)61-22-21-60-20-19-59-18-17-58-5)36-13-14-42(52-43(36)45(57)62-47(2,3)4)54-16-15-35-9-8-10-37(39(35)29-54)44(56)53-46-51-40-11-6-7-12-41(40)63-46/h6-14,28,33-34H,15-27,29-31H2,1-5H3,(H,51,53,56). The highest BCUT2D eigenvalue weighted by Crippen LogP contribution is 2.63. The van der Waals surface area contributed by atoms with Crippen molar-refractivity contribution in [2.75, 3.05) is 63.5 Å². The zero-order valence-corrected chi connectivity index (χ0v) is 38.1. The number of nitrogens with zero attached hydrogens (tertiary/aromatic N) is 5. The molecule has 5 aromatic rings. The van der Waals surface area contributed by atoms with E-state index in [1.807, 2.05) is 75.5 Å². The molecule has 63 heavy (non-hydrogen) atoms. The molecule has 0 spiro atoms. The molecule has 4 fully saturated rings. The van der Waals surface area contributed by atoms with Gasteiger partial charge < -0.3 is 28.6 Å². The molecular weight excluding hydrogens is 817 g/mol. The Bertz CT molecular complexity index is 2410. The van der Waals surface area contributed by atoms with Crippen LogP contribution in [0.25, 0.3) is 21.3 Å². The van der Waals surface area contributed by atoms with Crippen LogP contribution in [0.15, 0.2) is 60.8 Å². The number of pyridine rings is 1. The summed E-state index contributed by atoms with van der Waals surface area (Å²) >= 11 is 1.46. The number of ether oxygens (including phenoxy) is 5. The predicted octanol–water partition coefficient (Wildman–Crippen LogP) is 8.67. The number of fused-ring (bicyclic) bond motifs is 2. The van der Waals surface area contributed by atoms with Crippen LogP contribution in [-0.4, -0.2) is 96.1 Å². The highest BCUT2D eigenvalue weighted by Gasteiger charge is 2.58. The molecule has 0 saturated heterocycles. The molecule has 10 rings (SSSR count). The number of rotatable bonds is 17. The summed E-state index contributed by atoms with van der Waals surface area (Å²) in [6, 6.07) is 17.7. The molecule has 0 radical (unpaired) electrons. The lowest BCUT2D eigenvalue weighted by atomic mass is 9.48. The molecule has 1 N–H and O–H groups in total. The Labute approximate surface area is 373 Å². The molecule has 4 saturated carbocycles. The topological polar surface area (TPSA) is 139 Å². The van der Waals surface area contributed by atoms with Crippen LogP contribution in [0, 0.1) is 24.2 Å². The number of hydrogen-bond donors (Lipinski definition) is 1. The second-order valence-electron chi connectivity index (χ2n) is 19.1. The number of amides is 1. The van der Waals surface area contributed by atoms with E-state index in [-0.39, 0.29) is 22.6 Å². The Kier molecular flexibility index (Phi) is 12.5. The number of benzene rings is 2. The Morgan fingerprint density at radius 2 is 1.65 bits per heavy atom. The summed E-state index contributed by atoms with van der Waals surface area (Å²) in [6.07, 6.45) is 9.51. The maximum absolute atomic E-state index is 14.1. The summed E-state index contributed by atoms with van der Waals surface area (Å²) in [6.45, 7) is 13.1. The predicted molar refractivity (Wildman–Crippen MR) is 243 cm³/mol. The number of methoxy groups -OCH3 is 1. The van der Waals surface area contributed by atoms with Crippen LogP contribution in [0.4, 0.5) is 10.9 Å². The Morgan fingerprint density at radius 1 is 0.889 bits per heavy atom. The fourth-order valence-corrected chi connectivity index (χ4v) is 12.0. The summed E-state index contributed by atoms with van der Waals surface area (Å²) in [7, 11) is 1.67. The van der Waals surface area contributed by atoms with E-state index in [1.54, 1.807) is 7.11 Å². The molecule has 13 nitrogen and oxygen atoms in total. The monoisotopic (exact) mass is 876 g/mol. The van der Waals surface area contributed by atoms with Gasteiger partial charge in [0.2, 0.25) is 0 Å². The van der Waals surface area contributed by atoms with Crippen molar-refractivity contribution in [1.29, 1.82) is 0 Å². The second-order valence-corrected chi connectivity index (χ2v) is 20.2. The number of aromatic nitrogens is 4. The van der Waals surface area contributed by atoms with Crippen molar-refractivity contribution in [1.82, 2.24) is 19.7 Å². The van der Waals surface area contributed by atoms with Crippen LogP contribution in [0.3, 0.4) is 0 Å². The third-order valence-electron chi connectivity index (χ3n) is 13.3. The van der Waals surface area contributed by atoms with E-state index in [0.717, 1.165) is 64.8 Å². The molecule has 2 aromatic carbocycles. The minimum atomic E-state index is -0.720. The number of para-hydroxylation sites is 1. The Morgan fingerprint density at radius 3 is 2.41 bits per heavy atom. The number of thiazole rings is 1. The van der Waals surface area contributed by atoms with Gasteiger partial charge in [0, 0.05) is 49.1 Å². The third-order valence-corrected chi connectivity index (χ3v) is 14.2. The van der Waals surface area contributed by atoms with Crippen molar-refractivity contribution in [2.45, 2.75) is 96.9 Å². The molecule has 4 aliphatic carbocycles. The highest BCUT2D eigenvalue weighted by molar-refractivity contribution is 7.22. The minimum absolute atomic E-state index is 0.0962. The Balaban J connectivity index is 0.923. The molecule has 334 valence electrons. The van der Waals surface area contributed by atoms with E-state index >= 15 is 0 Å². The number of anilines is 2. The van der Waals surface area contributed by atoms with Crippen molar-refractivity contribution >= 4 is 44.4 Å². The number of carbonyl (C=O) groups is 2. The van der Waals surface area contributed by atoms with Gasteiger partial charge in [0.1, 0.15) is 11.4 Å². The molecule has 1 aliphatic heterocycles. The smallest absolute Gasteiger partial charge is 0.358 e. The molecule has 3 aromatic heterocycles. The summed E-state index contributed by atoms with van der Waals surface area (Å²) < 4.78 is 32.4. The van der Waals surface area contributed by atoms with Gasteiger partial charge in [-0.1, -0.05) is 35.6 Å². The van der Waals surface area contributed by atoms with Crippen molar-refractivity contribution in [3.8, 4) is 11.1 Å². The lowest BCUT2D eigenvalue weighted by Gasteiger charge is -2.61. The fraction of sp³-hybridized carbons (Fsp3) is 0.531. The van der Waals surface area contributed by atoms with Crippen molar-refractivity contribution in [3.05, 3.63) is 88.9 Å². The third kappa shape index (κ3) is 9.56. The maximum Gasteiger partial charge on any atom is 0.358 e. The molecule has 4 heterocycles. The van der Waals surface area contributed by atoms with E-state index in [1.165, 1.54) is 30.6 Å². The van der Waals surface area contributed by atoms with Crippen LogP contribution in [0.2, 0.25) is 0 Å². The van der Waals surface area contributed by atoms with Crippen molar-refractivity contribution in [3.63, 3.8) is 0 Å². The van der Waals surface area contributed by atoms with Crippen LogP contribution < -0.4 is 10.2 Å². The zero-order valence-electron chi connectivity index (χ0n) is 37.2. The minimum Gasteiger partial charge on any atom is -0.455 e. The lowest BCUT2D eigenvalue weighted by molar-refractivity contribution is -0.201. The first-order valence-electron chi connectivity index (χ1n) is 22.5. The van der Waals surface area contributed by atoms with Gasteiger partial charge in [0.25, 0.3) is 5.91 Å². The van der Waals surface area contributed by atoms with Crippen LogP contribution in [-0.2, 0) is 43.2 Å². The van der Waals surface area contributed by atoms with Gasteiger partial charge >= 0.3 is 5.97 Å². The molecule has 1 amide bonds. The van der Waals surface area contributed by atoms with Crippen LogP contribution in [0.5, 0.6) is 0 Å². The first-order chi connectivity index (χ1) is 30.4. The molecule has 5 aliphatic rings. The molecule has 2 atom stereocenters. The largest absolute Gasteiger partial charge is 0.455 e. The highest BCUT2D eigenvalue weighted by atomic mass is 32.1. The normalized spacial score (nSPS) is 22.7. The average Bonchev–Trinajstić information content (AvgIpc) is 3.82. The second kappa shape index (κ2) is 18.0. The van der Waals surface area contributed by atoms with Gasteiger partial charge in [0.15, 0.2) is 10.8 Å². The number of hydrogen-bond acceptors (Lipinski definition) is 12. The molecule has 2 unspecified atom stereocenters. The molecule has 4 bridgehead atoms. The first kappa shape index (κ1) is 43.5. The van der Waals surface area contributed by atoms with Crippen LogP contribution >= 0.6 is 11.3 Å². The SMILES string of the molecule is COCCOCCOCCOC12CC3CC(CC(Cn4ncc(-c5ccc(N6CCc7cccc(C(=O)Nc8nc9ccccc9s8)c7C6)nc5C(=O)OC(C)(C)C)c4C)(C3)C1)C2. The Hall–Kier alpha value is -4.73. The van der Waals surface area contributed by atoms with E-state index in [0.29, 0.717) is 86.6 Å². The molecular formula is C49H60N6O7S. The number of esters is 1. The maximum atomic E-state index is 14.1.